The van der Waals surface area contributed by atoms with E-state index in [2.05, 4.69) is 60.7 Å². The second-order valence-corrected chi connectivity index (χ2v) is 6.03. The fraction of sp³-hybridized carbons (Fsp3) is 0.350. The van der Waals surface area contributed by atoms with Crippen LogP contribution in [0.3, 0.4) is 0 Å². The molecule has 1 amide bonds. The molecular weight excluding hydrogens is 314 g/mol. The smallest absolute Gasteiger partial charge is 0.251 e. The van der Waals surface area contributed by atoms with Crippen molar-refractivity contribution in [2.45, 2.75) is 19.9 Å². The van der Waals surface area contributed by atoms with Crippen LogP contribution in [0.2, 0.25) is 0 Å². The number of benzene rings is 2. The molecular formula is C20H27N3O2. The lowest BCUT2D eigenvalue weighted by Gasteiger charge is -2.20. The van der Waals surface area contributed by atoms with E-state index < -0.39 is 0 Å². The van der Waals surface area contributed by atoms with Gasteiger partial charge in [-0.25, -0.2) is 0 Å². The quantitative estimate of drug-likeness (QED) is 0.690. The normalized spacial score (nSPS) is 11.7. The van der Waals surface area contributed by atoms with Gasteiger partial charge in [-0.15, -0.1) is 0 Å². The van der Waals surface area contributed by atoms with Crippen molar-refractivity contribution in [3.8, 4) is 0 Å². The van der Waals surface area contributed by atoms with Crippen LogP contribution in [0.1, 0.15) is 35.8 Å². The van der Waals surface area contributed by atoms with Gasteiger partial charge in [-0.2, -0.15) is 0 Å². The third-order valence-electron chi connectivity index (χ3n) is 4.21. The number of nitrogens with one attached hydrogen (secondary N) is 2. The van der Waals surface area contributed by atoms with Crippen molar-refractivity contribution >= 4 is 17.3 Å². The molecule has 1 atom stereocenters. The summed E-state index contributed by atoms with van der Waals surface area (Å²) in [5.41, 5.74) is 3.84. The Morgan fingerprint density at radius 2 is 1.92 bits per heavy atom. The minimum Gasteiger partial charge on any atom is -0.395 e. The molecule has 0 aromatic heterocycles. The molecule has 0 heterocycles. The van der Waals surface area contributed by atoms with Crippen LogP contribution in [-0.2, 0) is 0 Å². The molecule has 5 nitrogen and oxygen atoms in total. The molecule has 2 rings (SSSR count). The second-order valence-electron chi connectivity index (χ2n) is 6.03. The van der Waals surface area contributed by atoms with Gasteiger partial charge in [-0.05, 0) is 49.7 Å². The Kier molecular flexibility index (Phi) is 6.83. The monoisotopic (exact) mass is 341 g/mol. The standard InChI is InChI=1S/C20H27N3O2/c1-4-23(3)19-10-8-16(9-11-19)15(2)22-18-7-5-6-17(14-18)20(25)21-12-13-24/h5-11,14-15,22,24H,4,12-13H2,1-3H3,(H,21,25). The van der Waals surface area contributed by atoms with Gasteiger partial charge in [0.05, 0.1) is 6.61 Å². The van der Waals surface area contributed by atoms with E-state index in [1.807, 2.05) is 18.2 Å². The zero-order chi connectivity index (χ0) is 18.2. The first-order chi connectivity index (χ1) is 12.0. The lowest BCUT2D eigenvalue weighted by molar-refractivity contribution is 0.0945. The highest BCUT2D eigenvalue weighted by molar-refractivity contribution is 5.95. The number of hydrogen-bond donors (Lipinski definition) is 3. The molecule has 25 heavy (non-hydrogen) atoms. The highest BCUT2D eigenvalue weighted by Gasteiger charge is 2.09. The summed E-state index contributed by atoms with van der Waals surface area (Å²) >= 11 is 0. The van der Waals surface area contributed by atoms with Gasteiger partial charge in [-0.3, -0.25) is 4.79 Å². The van der Waals surface area contributed by atoms with Crippen LogP contribution in [0, 0.1) is 0 Å². The van der Waals surface area contributed by atoms with Gasteiger partial charge in [0.2, 0.25) is 0 Å². The molecule has 0 aliphatic rings. The third-order valence-corrected chi connectivity index (χ3v) is 4.21. The number of aliphatic hydroxyl groups excluding tert-OH is 1. The first-order valence-electron chi connectivity index (χ1n) is 8.62. The summed E-state index contributed by atoms with van der Waals surface area (Å²) in [7, 11) is 2.07. The number of hydrogen-bond acceptors (Lipinski definition) is 4. The summed E-state index contributed by atoms with van der Waals surface area (Å²) in [4.78, 5) is 14.2. The molecule has 0 saturated carbocycles. The van der Waals surface area contributed by atoms with Crippen molar-refractivity contribution in [1.82, 2.24) is 5.32 Å². The van der Waals surface area contributed by atoms with Gasteiger partial charge >= 0.3 is 0 Å². The maximum Gasteiger partial charge on any atom is 0.251 e. The Bertz CT molecular complexity index is 686. The molecule has 0 aliphatic carbocycles. The van der Waals surface area contributed by atoms with E-state index in [1.165, 1.54) is 11.3 Å². The fourth-order valence-corrected chi connectivity index (χ4v) is 2.56. The summed E-state index contributed by atoms with van der Waals surface area (Å²) in [6.07, 6.45) is 0. The van der Waals surface area contributed by atoms with Crippen LogP contribution >= 0.6 is 0 Å². The van der Waals surface area contributed by atoms with Crippen molar-refractivity contribution in [3.63, 3.8) is 0 Å². The number of anilines is 2. The topological polar surface area (TPSA) is 64.6 Å². The van der Waals surface area contributed by atoms with Crippen molar-refractivity contribution in [2.24, 2.45) is 0 Å². The summed E-state index contributed by atoms with van der Waals surface area (Å²) in [5, 5.41) is 14.9. The minimum atomic E-state index is -0.183. The van der Waals surface area contributed by atoms with E-state index in [9.17, 15) is 4.79 Å². The number of carbonyl (C=O) groups excluding carboxylic acids is 1. The molecule has 0 bridgehead atoms. The Morgan fingerprint density at radius 3 is 2.56 bits per heavy atom. The molecule has 0 spiro atoms. The van der Waals surface area contributed by atoms with E-state index in [0.29, 0.717) is 5.56 Å². The maximum absolute atomic E-state index is 12.0. The third kappa shape index (κ3) is 5.22. The average molecular weight is 341 g/mol. The summed E-state index contributed by atoms with van der Waals surface area (Å²) in [5.74, 6) is -0.183. The Morgan fingerprint density at radius 1 is 1.20 bits per heavy atom. The largest absolute Gasteiger partial charge is 0.395 e. The fourth-order valence-electron chi connectivity index (χ4n) is 2.56. The Hall–Kier alpha value is -2.53. The van der Waals surface area contributed by atoms with E-state index in [1.54, 1.807) is 6.07 Å². The van der Waals surface area contributed by atoms with Crippen LogP contribution in [0.4, 0.5) is 11.4 Å². The van der Waals surface area contributed by atoms with Crippen molar-refractivity contribution in [2.75, 3.05) is 37.0 Å². The molecule has 0 saturated heterocycles. The van der Waals surface area contributed by atoms with Gasteiger partial charge in [0.25, 0.3) is 5.91 Å². The van der Waals surface area contributed by atoms with E-state index in [4.69, 9.17) is 5.11 Å². The predicted molar refractivity (Wildman–Crippen MR) is 103 cm³/mol. The average Bonchev–Trinajstić information content (AvgIpc) is 2.65. The number of aliphatic hydroxyl groups is 1. The molecule has 5 heteroatoms. The van der Waals surface area contributed by atoms with Gasteiger partial charge in [-0.1, -0.05) is 18.2 Å². The van der Waals surface area contributed by atoms with Gasteiger partial charge < -0.3 is 20.6 Å². The first kappa shape index (κ1) is 18.8. The zero-order valence-electron chi connectivity index (χ0n) is 15.1. The Balaban J connectivity index is 2.05. The molecule has 1 unspecified atom stereocenters. The number of nitrogens with zero attached hydrogens (tertiary/aromatic N) is 1. The SMILES string of the molecule is CCN(C)c1ccc(C(C)Nc2cccc(C(=O)NCCO)c2)cc1. The highest BCUT2D eigenvalue weighted by atomic mass is 16.3. The second kappa shape index (κ2) is 9.08. The van der Waals surface area contributed by atoms with Crippen molar-refractivity contribution in [3.05, 3.63) is 59.7 Å². The molecule has 2 aromatic carbocycles. The van der Waals surface area contributed by atoms with Gasteiger partial charge in [0.15, 0.2) is 0 Å². The predicted octanol–water partition coefficient (Wildman–Crippen LogP) is 3.04. The summed E-state index contributed by atoms with van der Waals surface area (Å²) < 4.78 is 0. The van der Waals surface area contributed by atoms with Crippen LogP contribution in [0.5, 0.6) is 0 Å². The molecule has 0 fully saturated rings. The van der Waals surface area contributed by atoms with E-state index in [-0.39, 0.29) is 25.1 Å². The lowest BCUT2D eigenvalue weighted by Crippen LogP contribution is -2.26. The first-order valence-corrected chi connectivity index (χ1v) is 8.62. The van der Waals surface area contributed by atoms with Crippen LogP contribution in [0.25, 0.3) is 0 Å². The minimum absolute atomic E-state index is 0.0655. The van der Waals surface area contributed by atoms with Crippen molar-refractivity contribution in [1.29, 1.82) is 0 Å². The summed E-state index contributed by atoms with van der Waals surface area (Å²) in [6, 6.07) is 16.0. The zero-order valence-corrected chi connectivity index (χ0v) is 15.1. The lowest BCUT2D eigenvalue weighted by atomic mass is 10.1. The van der Waals surface area contributed by atoms with Crippen LogP contribution in [-0.4, -0.2) is 37.8 Å². The molecule has 0 radical (unpaired) electrons. The highest BCUT2D eigenvalue weighted by Crippen LogP contribution is 2.22. The van der Waals surface area contributed by atoms with E-state index >= 15 is 0 Å². The van der Waals surface area contributed by atoms with Crippen LogP contribution in [0.15, 0.2) is 48.5 Å². The molecule has 134 valence electrons. The summed E-state index contributed by atoms with van der Waals surface area (Å²) in [6.45, 7) is 5.38. The van der Waals surface area contributed by atoms with Gasteiger partial charge in [0, 0.05) is 43.1 Å². The van der Waals surface area contributed by atoms with Gasteiger partial charge in [0.1, 0.15) is 0 Å². The number of carbonyl (C=O) groups is 1. The molecule has 3 N–H and O–H groups in total. The molecule has 2 aromatic rings. The molecule has 0 aliphatic heterocycles. The Labute approximate surface area is 149 Å². The van der Waals surface area contributed by atoms with Crippen molar-refractivity contribution < 1.29 is 9.90 Å². The van der Waals surface area contributed by atoms with Crippen LogP contribution < -0.4 is 15.5 Å². The number of amides is 1. The number of rotatable bonds is 8. The maximum atomic E-state index is 12.0. The van der Waals surface area contributed by atoms with E-state index in [0.717, 1.165) is 12.2 Å².